The minimum atomic E-state index is 0.465. The highest BCUT2D eigenvalue weighted by atomic mass is 15.1. The van der Waals surface area contributed by atoms with E-state index in [1.165, 1.54) is 22.2 Å². The Morgan fingerprint density at radius 3 is 2.67 bits per heavy atom. The Kier molecular flexibility index (Phi) is 1.71. The van der Waals surface area contributed by atoms with Crippen LogP contribution in [-0.2, 0) is 7.05 Å². The first kappa shape index (κ1) is 8.98. The molecule has 0 aliphatic carbocycles. The molecule has 2 atom stereocenters. The molecule has 2 unspecified atom stereocenters. The zero-order valence-corrected chi connectivity index (χ0v) is 9.41. The number of benzene rings is 1. The largest absolute Gasteiger partial charge is 0.346 e. The minimum absolute atomic E-state index is 0.465. The third-order valence-corrected chi connectivity index (χ3v) is 3.54. The Morgan fingerprint density at radius 1 is 1.13 bits per heavy atom. The van der Waals surface area contributed by atoms with Crippen LogP contribution in [0.1, 0.15) is 37.2 Å². The van der Waals surface area contributed by atoms with E-state index < -0.39 is 0 Å². The summed E-state index contributed by atoms with van der Waals surface area (Å²) < 4.78 is 2.33. The van der Waals surface area contributed by atoms with Gasteiger partial charge in [-0.2, -0.15) is 0 Å². The molecule has 0 fully saturated rings. The van der Waals surface area contributed by atoms with E-state index in [2.05, 4.69) is 55.0 Å². The van der Waals surface area contributed by atoms with E-state index in [0.717, 1.165) is 0 Å². The first-order valence-corrected chi connectivity index (χ1v) is 5.53. The van der Waals surface area contributed by atoms with Crippen LogP contribution in [-0.4, -0.2) is 4.57 Å². The third-order valence-electron chi connectivity index (χ3n) is 3.54. The second-order valence-corrected chi connectivity index (χ2v) is 4.49. The summed E-state index contributed by atoms with van der Waals surface area (Å²) >= 11 is 0. The van der Waals surface area contributed by atoms with E-state index in [4.69, 9.17) is 0 Å². The first-order valence-electron chi connectivity index (χ1n) is 5.53. The Morgan fingerprint density at radius 2 is 1.87 bits per heavy atom. The van der Waals surface area contributed by atoms with Crippen LogP contribution in [0.2, 0.25) is 0 Å². The van der Waals surface area contributed by atoms with Crippen molar-refractivity contribution in [2.24, 2.45) is 7.05 Å². The number of aryl methyl sites for hydroxylation is 1. The molecule has 3 rings (SSSR count). The lowest BCUT2D eigenvalue weighted by Gasteiger charge is -2.10. The maximum absolute atomic E-state index is 3.57. The molecule has 1 aliphatic heterocycles. The lowest BCUT2D eigenvalue weighted by Crippen LogP contribution is -2.14. The summed E-state index contributed by atoms with van der Waals surface area (Å²) in [6.07, 6.45) is 0. The van der Waals surface area contributed by atoms with Crippen LogP contribution in [0.5, 0.6) is 0 Å². The summed E-state index contributed by atoms with van der Waals surface area (Å²) in [7, 11) is 2.16. The van der Waals surface area contributed by atoms with Gasteiger partial charge in [-0.1, -0.05) is 18.2 Å². The number of aromatic nitrogens is 1. The van der Waals surface area contributed by atoms with Gasteiger partial charge in [-0.3, -0.25) is 0 Å². The Hall–Kier alpha value is -1.28. The predicted octanol–water partition coefficient (Wildman–Crippen LogP) is 2.90. The molecule has 0 spiro atoms. The molecule has 2 nitrogen and oxygen atoms in total. The molecule has 15 heavy (non-hydrogen) atoms. The second-order valence-electron chi connectivity index (χ2n) is 4.49. The fourth-order valence-corrected chi connectivity index (χ4v) is 2.96. The van der Waals surface area contributed by atoms with Crippen molar-refractivity contribution in [1.82, 2.24) is 9.88 Å². The minimum Gasteiger partial charge on any atom is -0.346 e. The Labute approximate surface area is 89.9 Å². The maximum Gasteiger partial charge on any atom is 0.0483 e. The number of nitrogens with one attached hydrogen (secondary N) is 1. The number of fused-ring (bicyclic) bond motifs is 3. The van der Waals surface area contributed by atoms with Crippen molar-refractivity contribution in [3.05, 3.63) is 35.5 Å². The van der Waals surface area contributed by atoms with E-state index in [0.29, 0.717) is 12.1 Å². The smallest absolute Gasteiger partial charge is 0.0483 e. The lowest BCUT2D eigenvalue weighted by molar-refractivity contribution is 0.540. The van der Waals surface area contributed by atoms with Gasteiger partial charge in [0.05, 0.1) is 0 Å². The molecular formula is C13H16N2. The SMILES string of the molecule is CC1NC(C)c2c1c1ccccc1n2C. The van der Waals surface area contributed by atoms with Crippen molar-refractivity contribution in [1.29, 1.82) is 0 Å². The standard InChI is InChI=1S/C13H16N2/c1-8-12-10-6-4-5-7-11(10)15(3)13(12)9(2)14-8/h4-9,14H,1-3H3. The highest BCUT2D eigenvalue weighted by Gasteiger charge is 2.29. The summed E-state index contributed by atoms with van der Waals surface area (Å²) in [5, 5.41) is 4.98. The first-order chi connectivity index (χ1) is 7.20. The van der Waals surface area contributed by atoms with Crippen molar-refractivity contribution < 1.29 is 0 Å². The van der Waals surface area contributed by atoms with Crippen LogP contribution in [0.3, 0.4) is 0 Å². The Bertz CT molecular complexity index is 525. The zero-order valence-electron chi connectivity index (χ0n) is 9.41. The van der Waals surface area contributed by atoms with Crippen LogP contribution in [0.15, 0.2) is 24.3 Å². The van der Waals surface area contributed by atoms with Gasteiger partial charge in [0.2, 0.25) is 0 Å². The molecule has 2 heterocycles. The van der Waals surface area contributed by atoms with E-state index in [1.807, 2.05) is 0 Å². The number of hydrogen-bond acceptors (Lipinski definition) is 1. The molecule has 2 heteroatoms. The quantitative estimate of drug-likeness (QED) is 0.692. The highest BCUT2D eigenvalue weighted by Crippen LogP contribution is 2.39. The van der Waals surface area contributed by atoms with E-state index in [-0.39, 0.29) is 0 Å². The highest BCUT2D eigenvalue weighted by molar-refractivity contribution is 5.86. The average molecular weight is 200 g/mol. The lowest BCUT2D eigenvalue weighted by atomic mass is 10.1. The van der Waals surface area contributed by atoms with Crippen LogP contribution in [0, 0.1) is 0 Å². The molecule has 0 radical (unpaired) electrons. The monoisotopic (exact) mass is 200 g/mol. The molecule has 1 aromatic heterocycles. The van der Waals surface area contributed by atoms with Gasteiger partial charge in [0.1, 0.15) is 0 Å². The molecule has 2 aromatic rings. The summed E-state index contributed by atoms with van der Waals surface area (Å²) in [5.74, 6) is 0. The van der Waals surface area contributed by atoms with Crippen molar-refractivity contribution in [2.45, 2.75) is 25.9 Å². The summed E-state index contributed by atoms with van der Waals surface area (Å²) in [4.78, 5) is 0. The van der Waals surface area contributed by atoms with Crippen molar-refractivity contribution in [3.63, 3.8) is 0 Å². The summed E-state index contributed by atoms with van der Waals surface area (Å²) in [6.45, 7) is 4.48. The van der Waals surface area contributed by atoms with Crippen molar-refractivity contribution in [3.8, 4) is 0 Å². The van der Waals surface area contributed by atoms with E-state index in [1.54, 1.807) is 0 Å². The molecule has 1 N–H and O–H groups in total. The fourth-order valence-electron chi connectivity index (χ4n) is 2.96. The molecule has 0 saturated heterocycles. The Balaban J connectivity index is 2.44. The number of para-hydroxylation sites is 1. The summed E-state index contributed by atoms with van der Waals surface area (Å²) in [6, 6.07) is 9.60. The van der Waals surface area contributed by atoms with Crippen LogP contribution in [0.25, 0.3) is 10.9 Å². The molecule has 0 saturated carbocycles. The second kappa shape index (κ2) is 2.86. The predicted molar refractivity (Wildman–Crippen MR) is 62.9 cm³/mol. The topological polar surface area (TPSA) is 17.0 Å². The number of rotatable bonds is 0. The van der Waals surface area contributed by atoms with Gasteiger partial charge in [0.25, 0.3) is 0 Å². The van der Waals surface area contributed by atoms with Gasteiger partial charge < -0.3 is 9.88 Å². The van der Waals surface area contributed by atoms with Gasteiger partial charge in [-0.25, -0.2) is 0 Å². The van der Waals surface area contributed by atoms with Gasteiger partial charge in [0, 0.05) is 35.7 Å². The normalized spacial score (nSPS) is 24.7. The van der Waals surface area contributed by atoms with E-state index in [9.17, 15) is 0 Å². The maximum atomic E-state index is 3.57. The zero-order chi connectivity index (χ0) is 10.6. The molecule has 78 valence electrons. The van der Waals surface area contributed by atoms with Gasteiger partial charge >= 0.3 is 0 Å². The van der Waals surface area contributed by atoms with Crippen LogP contribution < -0.4 is 5.32 Å². The molecule has 0 bridgehead atoms. The van der Waals surface area contributed by atoms with Gasteiger partial charge in [0.15, 0.2) is 0 Å². The van der Waals surface area contributed by atoms with Gasteiger partial charge in [-0.15, -0.1) is 0 Å². The average Bonchev–Trinajstić information content (AvgIpc) is 2.68. The van der Waals surface area contributed by atoms with Crippen molar-refractivity contribution in [2.75, 3.05) is 0 Å². The molecule has 1 aromatic carbocycles. The van der Waals surface area contributed by atoms with Crippen LogP contribution >= 0.6 is 0 Å². The molecule has 1 aliphatic rings. The van der Waals surface area contributed by atoms with E-state index >= 15 is 0 Å². The van der Waals surface area contributed by atoms with Gasteiger partial charge in [-0.05, 0) is 25.5 Å². The van der Waals surface area contributed by atoms with Crippen LogP contribution in [0.4, 0.5) is 0 Å². The molecular weight excluding hydrogens is 184 g/mol. The number of nitrogens with zero attached hydrogens (tertiary/aromatic N) is 1. The fraction of sp³-hybridized carbons (Fsp3) is 0.385. The molecule has 0 amide bonds. The number of hydrogen-bond donors (Lipinski definition) is 1. The third kappa shape index (κ3) is 1.03. The summed E-state index contributed by atoms with van der Waals surface area (Å²) in [5.41, 5.74) is 4.28. The van der Waals surface area contributed by atoms with Crippen molar-refractivity contribution >= 4 is 10.9 Å².